The van der Waals surface area contributed by atoms with Crippen LogP contribution in [0.2, 0.25) is 5.02 Å². The van der Waals surface area contributed by atoms with Gasteiger partial charge in [0.25, 0.3) is 0 Å². The Kier molecular flexibility index (Phi) is 3.49. The lowest BCUT2D eigenvalue weighted by Gasteiger charge is -2.32. The van der Waals surface area contributed by atoms with Crippen molar-refractivity contribution in [3.8, 4) is 0 Å². The van der Waals surface area contributed by atoms with E-state index in [1.165, 1.54) is 0 Å². The Balaban J connectivity index is 2.23. The lowest BCUT2D eigenvalue weighted by atomic mass is 9.75. The first kappa shape index (κ1) is 13.9. The highest BCUT2D eigenvalue weighted by Gasteiger charge is 2.53. The van der Waals surface area contributed by atoms with E-state index < -0.39 is 7.12 Å². The standard InChI is InChI=1S/C13H19BClNO2/c1-12(2)13(3,4)18-14(17-12)11(16)9-7-5-6-8-10(9)15/h5-8,11H,16H2,1-4H3/t11-/m1/s1. The van der Waals surface area contributed by atoms with Crippen molar-refractivity contribution >= 4 is 18.7 Å². The molecule has 18 heavy (non-hydrogen) atoms. The molecule has 0 saturated carbocycles. The zero-order chi connectivity index (χ0) is 13.6. The summed E-state index contributed by atoms with van der Waals surface area (Å²) in [6, 6.07) is 7.51. The highest BCUT2D eigenvalue weighted by molar-refractivity contribution is 6.48. The topological polar surface area (TPSA) is 44.5 Å². The zero-order valence-corrected chi connectivity index (χ0v) is 12.0. The van der Waals surface area contributed by atoms with Gasteiger partial charge in [-0.25, -0.2) is 0 Å². The third kappa shape index (κ3) is 2.30. The Labute approximate surface area is 114 Å². The monoisotopic (exact) mass is 267 g/mol. The minimum atomic E-state index is -0.477. The van der Waals surface area contributed by atoms with Crippen molar-refractivity contribution in [2.45, 2.75) is 44.8 Å². The Hall–Kier alpha value is -0.545. The summed E-state index contributed by atoms with van der Waals surface area (Å²) in [6.45, 7) is 8.03. The van der Waals surface area contributed by atoms with Gasteiger partial charge < -0.3 is 15.0 Å². The predicted octanol–water partition coefficient (Wildman–Crippen LogP) is 2.97. The van der Waals surface area contributed by atoms with Gasteiger partial charge in [-0.1, -0.05) is 29.8 Å². The molecule has 98 valence electrons. The summed E-state index contributed by atoms with van der Waals surface area (Å²) in [5.41, 5.74) is 6.30. The summed E-state index contributed by atoms with van der Waals surface area (Å²) >= 11 is 6.15. The molecule has 0 aliphatic carbocycles. The van der Waals surface area contributed by atoms with Crippen LogP contribution in [0.3, 0.4) is 0 Å². The van der Waals surface area contributed by atoms with Crippen molar-refractivity contribution in [2.75, 3.05) is 0 Å². The Morgan fingerprint density at radius 2 is 1.61 bits per heavy atom. The van der Waals surface area contributed by atoms with E-state index >= 15 is 0 Å². The van der Waals surface area contributed by atoms with Gasteiger partial charge in [-0.3, -0.25) is 0 Å². The molecule has 0 unspecified atom stereocenters. The van der Waals surface area contributed by atoms with Gasteiger partial charge in [0.2, 0.25) is 0 Å². The first-order valence-electron chi connectivity index (χ1n) is 6.10. The molecule has 0 bridgehead atoms. The molecule has 1 aliphatic heterocycles. The predicted molar refractivity (Wildman–Crippen MR) is 74.5 cm³/mol. The number of rotatable bonds is 2. The SMILES string of the molecule is CC1(C)OB([C@H](N)c2ccccc2Cl)OC1(C)C. The molecule has 0 radical (unpaired) electrons. The van der Waals surface area contributed by atoms with Crippen LogP contribution >= 0.6 is 11.6 Å². The van der Waals surface area contributed by atoms with Crippen molar-refractivity contribution in [2.24, 2.45) is 5.73 Å². The van der Waals surface area contributed by atoms with Crippen LogP contribution in [-0.4, -0.2) is 18.3 Å². The molecule has 0 aromatic heterocycles. The second-order valence-corrected chi connectivity index (χ2v) is 6.08. The third-order valence-electron chi connectivity index (χ3n) is 3.83. The molecule has 0 amide bonds. The van der Waals surface area contributed by atoms with Gasteiger partial charge in [0.1, 0.15) is 0 Å². The fourth-order valence-corrected chi connectivity index (χ4v) is 2.19. The highest BCUT2D eigenvalue weighted by atomic mass is 35.5. The van der Waals surface area contributed by atoms with Crippen molar-refractivity contribution in [3.63, 3.8) is 0 Å². The van der Waals surface area contributed by atoms with Crippen LogP contribution in [0.1, 0.15) is 39.2 Å². The normalized spacial score (nSPS) is 23.1. The van der Waals surface area contributed by atoms with Gasteiger partial charge in [0.05, 0.1) is 17.1 Å². The maximum absolute atomic E-state index is 6.21. The molecule has 1 aromatic rings. The van der Waals surface area contributed by atoms with Crippen LogP contribution < -0.4 is 5.73 Å². The summed E-state index contributed by atoms with van der Waals surface area (Å²) in [5, 5.41) is 0.639. The van der Waals surface area contributed by atoms with Gasteiger partial charge in [-0.2, -0.15) is 0 Å². The molecule has 1 fully saturated rings. The van der Waals surface area contributed by atoms with Crippen LogP contribution in [0, 0.1) is 0 Å². The smallest absolute Gasteiger partial charge is 0.402 e. The number of benzene rings is 1. The quantitative estimate of drug-likeness (QED) is 0.838. The van der Waals surface area contributed by atoms with Gasteiger partial charge in [0, 0.05) is 5.02 Å². The van der Waals surface area contributed by atoms with Gasteiger partial charge in [-0.05, 0) is 39.3 Å². The summed E-state index contributed by atoms with van der Waals surface area (Å²) in [5.74, 6) is -0.389. The maximum Gasteiger partial charge on any atom is 0.480 e. The van der Waals surface area contributed by atoms with Gasteiger partial charge in [0.15, 0.2) is 0 Å². The maximum atomic E-state index is 6.21. The molecular formula is C13H19BClNO2. The number of nitrogens with two attached hydrogens (primary N) is 1. The van der Waals surface area contributed by atoms with E-state index in [0.717, 1.165) is 5.56 Å². The van der Waals surface area contributed by atoms with E-state index in [2.05, 4.69) is 0 Å². The molecule has 1 aromatic carbocycles. The van der Waals surface area contributed by atoms with Crippen molar-refractivity contribution in [3.05, 3.63) is 34.9 Å². The van der Waals surface area contributed by atoms with Crippen LogP contribution in [0.4, 0.5) is 0 Å². The summed E-state index contributed by atoms with van der Waals surface area (Å²) in [6.07, 6.45) is 0. The Morgan fingerprint density at radius 3 is 2.11 bits per heavy atom. The molecule has 1 aliphatic rings. The third-order valence-corrected chi connectivity index (χ3v) is 4.17. The van der Waals surface area contributed by atoms with Crippen LogP contribution in [-0.2, 0) is 9.31 Å². The Morgan fingerprint density at radius 1 is 1.11 bits per heavy atom. The first-order chi connectivity index (χ1) is 8.24. The molecule has 5 heteroatoms. The number of hydrogen-bond donors (Lipinski definition) is 1. The second kappa shape index (κ2) is 4.53. The van der Waals surface area contributed by atoms with E-state index in [4.69, 9.17) is 26.6 Å². The molecule has 0 spiro atoms. The second-order valence-electron chi connectivity index (χ2n) is 5.67. The number of hydrogen-bond acceptors (Lipinski definition) is 3. The molecular weight excluding hydrogens is 248 g/mol. The van der Waals surface area contributed by atoms with Crippen molar-refractivity contribution in [1.82, 2.24) is 0 Å². The van der Waals surface area contributed by atoms with E-state index in [0.29, 0.717) is 5.02 Å². The largest absolute Gasteiger partial charge is 0.480 e. The van der Waals surface area contributed by atoms with E-state index in [9.17, 15) is 0 Å². The van der Waals surface area contributed by atoms with Gasteiger partial charge in [-0.15, -0.1) is 0 Å². The fraction of sp³-hybridized carbons (Fsp3) is 0.538. The van der Waals surface area contributed by atoms with Crippen LogP contribution in [0.25, 0.3) is 0 Å². The molecule has 3 nitrogen and oxygen atoms in total. The molecule has 2 N–H and O–H groups in total. The van der Waals surface area contributed by atoms with E-state index in [1.807, 2.05) is 52.0 Å². The summed E-state index contributed by atoms with van der Waals surface area (Å²) in [4.78, 5) is 0. The minimum Gasteiger partial charge on any atom is -0.402 e. The summed E-state index contributed by atoms with van der Waals surface area (Å²) < 4.78 is 11.9. The zero-order valence-electron chi connectivity index (χ0n) is 11.2. The lowest BCUT2D eigenvalue weighted by Crippen LogP contribution is -2.41. The first-order valence-corrected chi connectivity index (χ1v) is 6.48. The van der Waals surface area contributed by atoms with E-state index in [1.54, 1.807) is 0 Å². The summed E-state index contributed by atoms with van der Waals surface area (Å²) in [7, 11) is -0.477. The average molecular weight is 268 g/mol. The van der Waals surface area contributed by atoms with Crippen molar-refractivity contribution < 1.29 is 9.31 Å². The molecule has 1 saturated heterocycles. The molecule has 1 atom stereocenters. The van der Waals surface area contributed by atoms with E-state index in [-0.39, 0.29) is 17.1 Å². The fourth-order valence-electron chi connectivity index (χ4n) is 1.93. The lowest BCUT2D eigenvalue weighted by molar-refractivity contribution is 0.00578. The van der Waals surface area contributed by atoms with Crippen LogP contribution in [0.15, 0.2) is 24.3 Å². The Bertz CT molecular complexity index is 434. The molecule has 2 rings (SSSR count). The number of halogens is 1. The molecule has 1 heterocycles. The minimum absolute atomic E-state index is 0.378. The average Bonchev–Trinajstić information content (AvgIpc) is 2.48. The van der Waals surface area contributed by atoms with Gasteiger partial charge >= 0.3 is 7.12 Å². The van der Waals surface area contributed by atoms with Crippen LogP contribution in [0.5, 0.6) is 0 Å². The highest BCUT2D eigenvalue weighted by Crippen LogP contribution is 2.40. The van der Waals surface area contributed by atoms with Crippen molar-refractivity contribution in [1.29, 1.82) is 0 Å².